The lowest BCUT2D eigenvalue weighted by atomic mass is 10.1. The van der Waals surface area contributed by atoms with E-state index >= 15 is 0 Å². The van der Waals surface area contributed by atoms with Crippen LogP contribution in [-0.4, -0.2) is 32.8 Å². The molecule has 33 heavy (non-hydrogen) atoms. The van der Waals surface area contributed by atoms with Gasteiger partial charge in [0.15, 0.2) is 5.43 Å². The number of amides is 3. The Morgan fingerprint density at radius 2 is 1.70 bits per heavy atom. The molecule has 5 rings (SSSR count). The van der Waals surface area contributed by atoms with Crippen molar-refractivity contribution in [1.29, 1.82) is 0 Å². The summed E-state index contributed by atoms with van der Waals surface area (Å²) in [5, 5.41) is 11.4. The third-order valence-corrected chi connectivity index (χ3v) is 5.81. The summed E-state index contributed by atoms with van der Waals surface area (Å²) < 4.78 is 5.42. The molecule has 10 heteroatoms. The Kier molecular flexibility index (Phi) is 5.11. The molecule has 4 aromatic rings. The Labute approximate surface area is 190 Å². The number of benzene rings is 2. The van der Waals surface area contributed by atoms with E-state index < -0.39 is 17.7 Å². The molecular weight excluding hydrogens is 444 g/mol. The van der Waals surface area contributed by atoms with Gasteiger partial charge in [0, 0.05) is 6.08 Å². The van der Waals surface area contributed by atoms with E-state index in [1.54, 1.807) is 48.5 Å². The van der Waals surface area contributed by atoms with Crippen LogP contribution in [0, 0.1) is 0 Å². The van der Waals surface area contributed by atoms with Gasteiger partial charge in [0.2, 0.25) is 11.0 Å². The lowest BCUT2D eigenvalue weighted by Crippen LogP contribution is -2.29. The molecule has 3 heterocycles. The first-order valence-corrected chi connectivity index (χ1v) is 10.6. The summed E-state index contributed by atoms with van der Waals surface area (Å²) in [6, 6.07) is 13.4. The van der Waals surface area contributed by atoms with Gasteiger partial charge in [-0.3, -0.25) is 29.4 Å². The third-order valence-electron chi connectivity index (χ3n) is 4.99. The molecule has 0 unspecified atom stereocenters. The highest BCUT2D eigenvalue weighted by molar-refractivity contribution is 7.15. The summed E-state index contributed by atoms with van der Waals surface area (Å²) >= 11 is 1.04. The van der Waals surface area contributed by atoms with Crippen LogP contribution < -0.4 is 10.7 Å². The zero-order valence-corrected chi connectivity index (χ0v) is 17.7. The Morgan fingerprint density at radius 1 is 1.00 bits per heavy atom. The van der Waals surface area contributed by atoms with Crippen LogP contribution in [0.3, 0.4) is 0 Å². The van der Waals surface area contributed by atoms with Crippen molar-refractivity contribution < 1.29 is 18.8 Å². The first kappa shape index (κ1) is 20.5. The maximum atomic E-state index is 12.5. The normalized spacial score (nSPS) is 13.2. The number of anilines is 1. The molecule has 3 amide bonds. The summed E-state index contributed by atoms with van der Waals surface area (Å²) in [6.45, 7) is -0.0478. The van der Waals surface area contributed by atoms with Crippen LogP contribution in [0.4, 0.5) is 5.13 Å². The first-order chi connectivity index (χ1) is 16.0. The number of nitrogens with one attached hydrogen (secondary N) is 1. The lowest BCUT2D eigenvalue weighted by Gasteiger charge is -2.10. The van der Waals surface area contributed by atoms with Gasteiger partial charge in [-0.2, -0.15) is 0 Å². The summed E-state index contributed by atoms with van der Waals surface area (Å²) in [6.07, 6.45) is 3.83. The highest BCUT2D eigenvalue weighted by atomic mass is 32.1. The summed E-state index contributed by atoms with van der Waals surface area (Å²) in [4.78, 5) is 50.8. The summed E-state index contributed by atoms with van der Waals surface area (Å²) in [5.74, 6) is -1.31. The highest BCUT2D eigenvalue weighted by Crippen LogP contribution is 2.26. The third kappa shape index (κ3) is 3.83. The average molecular weight is 458 g/mol. The number of carbonyl (C=O) groups excluding carboxylic acids is 3. The number of para-hydroxylation sites is 1. The maximum Gasteiger partial charge on any atom is 0.261 e. The molecule has 0 spiro atoms. The van der Waals surface area contributed by atoms with Crippen LogP contribution >= 0.6 is 11.3 Å². The van der Waals surface area contributed by atoms with E-state index in [0.29, 0.717) is 27.1 Å². The SMILES string of the molecule is O=C(/C=C/c1coc2ccccc2c1=O)Nc1nnc(CN2C(=O)c3ccccc3C2=O)s1. The molecule has 2 aromatic carbocycles. The van der Waals surface area contributed by atoms with Crippen LogP contribution in [0.25, 0.3) is 17.0 Å². The molecule has 0 radical (unpaired) electrons. The summed E-state index contributed by atoms with van der Waals surface area (Å²) in [7, 11) is 0. The van der Waals surface area contributed by atoms with Crippen molar-refractivity contribution in [2.24, 2.45) is 0 Å². The molecule has 9 nitrogen and oxygen atoms in total. The fraction of sp³-hybridized carbons (Fsp3) is 0.0435. The van der Waals surface area contributed by atoms with Gasteiger partial charge >= 0.3 is 0 Å². The molecule has 0 fully saturated rings. The van der Waals surface area contributed by atoms with Crippen LogP contribution in [0.5, 0.6) is 0 Å². The number of rotatable bonds is 5. The number of hydrogen-bond donors (Lipinski definition) is 1. The van der Waals surface area contributed by atoms with Gasteiger partial charge in [-0.15, -0.1) is 10.2 Å². The molecule has 0 saturated heterocycles. The smallest absolute Gasteiger partial charge is 0.261 e. The molecule has 0 saturated carbocycles. The molecule has 162 valence electrons. The predicted octanol–water partition coefficient (Wildman–Crippen LogP) is 3.09. The second-order valence-corrected chi connectivity index (χ2v) is 8.14. The van der Waals surface area contributed by atoms with Gasteiger partial charge < -0.3 is 4.42 Å². The Balaban J connectivity index is 1.26. The van der Waals surface area contributed by atoms with E-state index in [9.17, 15) is 19.2 Å². The fourth-order valence-electron chi connectivity index (χ4n) is 3.41. The van der Waals surface area contributed by atoms with Gasteiger partial charge in [0.05, 0.1) is 28.6 Å². The van der Waals surface area contributed by atoms with Crippen LogP contribution in [0.15, 0.2) is 70.1 Å². The minimum absolute atomic E-state index is 0.0478. The second kappa shape index (κ2) is 8.24. The van der Waals surface area contributed by atoms with Crippen molar-refractivity contribution in [3.05, 3.63) is 92.8 Å². The van der Waals surface area contributed by atoms with E-state index in [4.69, 9.17) is 4.42 Å². The zero-order valence-electron chi connectivity index (χ0n) is 16.8. The number of hydrogen-bond acceptors (Lipinski definition) is 8. The van der Waals surface area contributed by atoms with E-state index in [2.05, 4.69) is 15.5 Å². The van der Waals surface area contributed by atoms with E-state index in [-0.39, 0.29) is 22.7 Å². The molecular formula is C23H14N4O5S. The average Bonchev–Trinajstić information content (AvgIpc) is 3.37. The van der Waals surface area contributed by atoms with E-state index in [1.807, 2.05) is 0 Å². The van der Waals surface area contributed by atoms with Crippen LogP contribution in [0.1, 0.15) is 31.3 Å². The Morgan fingerprint density at radius 3 is 2.45 bits per heavy atom. The number of carbonyl (C=O) groups is 3. The van der Waals surface area contributed by atoms with Gasteiger partial charge in [0.25, 0.3) is 11.8 Å². The van der Waals surface area contributed by atoms with Crippen molar-refractivity contribution in [2.45, 2.75) is 6.54 Å². The largest absolute Gasteiger partial charge is 0.463 e. The molecule has 0 atom stereocenters. The predicted molar refractivity (Wildman–Crippen MR) is 121 cm³/mol. The minimum atomic E-state index is -0.522. The maximum absolute atomic E-state index is 12.5. The molecule has 0 aliphatic carbocycles. The highest BCUT2D eigenvalue weighted by Gasteiger charge is 2.35. The summed E-state index contributed by atoms with van der Waals surface area (Å²) in [5.41, 5.74) is 1.14. The number of imide groups is 1. The Bertz CT molecular complexity index is 1490. The first-order valence-electron chi connectivity index (χ1n) is 9.78. The van der Waals surface area contributed by atoms with Gasteiger partial charge in [-0.05, 0) is 30.3 Å². The Hall–Kier alpha value is -4.44. The van der Waals surface area contributed by atoms with Gasteiger partial charge in [0.1, 0.15) is 16.9 Å². The second-order valence-electron chi connectivity index (χ2n) is 7.08. The lowest BCUT2D eigenvalue weighted by molar-refractivity contribution is -0.111. The monoisotopic (exact) mass is 458 g/mol. The van der Waals surface area contributed by atoms with Crippen LogP contribution in [0.2, 0.25) is 0 Å². The minimum Gasteiger partial charge on any atom is -0.463 e. The molecule has 1 aliphatic heterocycles. The molecule has 1 N–H and O–H groups in total. The van der Waals surface area contributed by atoms with Crippen molar-refractivity contribution in [3.8, 4) is 0 Å². The molecule has 0 bridgehead atoms. The van der Waals surface area contributed by atoms with Crippen molar-refractivity contribution in [3.63, 3.8) is 0 Å². The quantitative estimate of drug-likeness (QED) is 0.360. The standard InChI is InChI=1S/C23H14N4O5S/c28-18(10-9-13-12-32-17-8-4-3-7-16(17)20(13)29)24-23-26-25-19(33-23)11-27-21(30)14-5-1-2-6-15(14)22(27)31/h1-10,12H,11H2,(H,24,26,28)/b10-9+. The molecule has 1 aliphatic rings. The zero-order chi connectivity index (χ0) is 22.9. The van der Waals surface area contributed by atoms with E-state index in [1.165, 1.54) is 18.4 Å². The van der Waals surface area contributed by atoms with Gasteiger partial charge in [-0.25, -0.2) is 0 Å². The number of aromatic nitrogens is 2. The van der Waals surface area contributed by atoms with Crippen molar-refractivity contribution in [1.82, 2.24) is 15.1 Å². The fourth-order valence-corrected chi connectivity index (χ4v) is 4.14. The van der Waals surface area contributed by atoms with E-state index in [0.717, 1.165) is 16.2 Å². The number of nitrogens with zero attached hydrogens (tertiary/aromatic N) is 3. The van der Waals surface area contributed by atoms with Gasteiger partial charge in [-0.1, -0.05) is 35.6 Å². The molecule has 2 aromatic heterocycles. The topological polar surface area (TPSA) is 122 Å². The van der Waals surface area contributed by atoms with Crippen LogP contribution in [-0.2, 0) is 11.3 Å². The number of fused-ring (bicyclic) bond motifs is 2. The van der Waals surface area contributed by atoms with Crippen molar-refractivity contribution in [2.75, 3.05) is 5.32 Å². The van der Waals surface area contributed by atoms with Crippen molar-refractivity contribution >= 4 is 51.2 Å².